The molecule has 1 aliphatic carbocycles. The second-order valence-electron chi connectivity index (χ2n) is 7.54. The van der Waals surface area contributed by atoms with Crippen molar-refractivity contribution in [1.82, 2.24) is 14.7 Å². The van der Waals surface area contributed by atoms with E-state index in [-0.39, 0.29) is 30.8 Å². The van der Waals surface area contributed by atoms with Crippen molar-refractivity contribution >= 4 is 27.6 Å². The average Bonchev–Trinajstić information content (AvgIpc) is 3.04. The van der Waals surface area contributed by atoms with Gasteiger partial charge in [-0.05, 0) is 43.9 Å². The topological polar surface area (TPSA) is 98.3 Å². The van der Waals surface area contributed by atoms with Crippen LogP contribution >= 0.6 is 11.6 Å². The number of carbonyl (C=O) groups excluding carboxylic acids is 1. The molecule has 168 valence electrons. The van der Waals surface area contributed by atoms with Crippen LogP contribution in [0.3, 0.4) is 0 Å². The van der Waals surface area contributed by atoms with Crippen LogP contribution in [0, 0.1) is 11.2 Å². The minimum atomic E-state index is -3.65. The molecule has 7 nitrogen and oxygen atoms in total. The van der Waals surface area contributed by atoms with Gasteiger partial charge in [-0.25, -0.2) is 31.9 Å². The van der Waals surface area contributed by atoms with Crippen LogP contribution in [-0.4, -0.2) is 49.4 Å². The smallest absolute Gasteiger partial charge is 0.312 e. The number of sulfonamides is 1. The minimum Gasteiger partial charge on any atom is -0.469 e. The molecule has 1 aromatic carbocycles. The number of nitrogens with zero attached hydrogens (tertiary/aromatic N) is 2. The Kier molecular flexibility index (Phi) is 6.92. The maximum Gasteiger partial charge on any atom is 0.312 e. The Balaban J connectivity index is 1.93. The molecular weight excluding hydrogens is 452 g/mol. The van der Waals surface area contributed by atoms with E-state index in [1.807, 2.05) is 0 Å². The summed E-state index contributed by atoms with van der Waals surface area (Å²) < 4.78 is 59.1. The molecule has 1 saturated carbocycles. The van der Waals surface area contributed by atoms with Gasteiger partial charge in [0.2, 0.25) is 10.0 Å². The Morgan fingerprint density at radius 3 is 2.61 bits per heavy atom. The van der Waals surface area contributed by atoms with Crippen LogP contribution in [0.5, 0.6) is 0 Å². The number of benzene rings is 1. The van der Waals surface area contributed by atoms with Gasteiger partial charge in [0.1, 0.15) is 6.17 Å². The number of hydrogen-bond acceptors (Lipinski definition) is 6. The summed E-state index contributed by atoms with van der Waals surface area (Å²) >= 11 is 6.24. The summed E-state index contributed by atoms with van der Waals surface area (Å²) in [5, 5.41) is 0.325. The Labute approximate surface area is 184 Å². The first-order chi connectivity index (χ1) is 14.6. The van der Waals surface area contributed by atoms with E-state index in [9.17, 15) is 22.0 Å². The molecule has 11 heteroatoms. The number of alkyl halides is 1. The average molecular weight is 474 g/mol. The highest BCUT2D eigenvalue weighted by Crippen LogP contribution is 2.44. The number of rotatable bonds is 7. The molecule has 1 N–H and O–H groups in total. The molecule has 0 saturated heterocycles. The van der Waals surface area contributed by atoms with Gasteiger partial charge in [-0.1, -0.05) is 17.7 Å². The lowest BCUT2D eigenvalue weighted by Crippen LogP contribution is -2.40. The van der Waals surface area contributed by atoms with Gasteiger partial charge in [-0.3, -0.25) is 4.79 Å². The zero-order chi connectivity index (χ0) is 22.8. The highest BCUT2D eigenvalue weighted by atomic mass is 35.5. The summed E-state index contributed by atoms with van der Waals surface area (Å²) in [6.07, 6.45) is 0.322. The first kappa shape index (κ1) is 23.5. The van der Waals surface area contributed by atoms with Crippen LogP contribution in [0.2, 0.25) is 5.02 Å². The lowest BCUT2D eigenvalue weighted by Gasteiger charge is -2.26. The molecule has 0 unspecified atom stereocenters. The Bertz CT molecular complexity index is 1070. The van der Waals surface area contributed by atoms with Crippen molar-refractivity contribution in [3.63, 3.8) is 0 Å². The number of esters is 1. The summed E-state index contributed by atoms with van der Waals surface area (Å²) in [6.45, 7) is 1.45. The quantitative estimate of drug-likeness (QED) is 0.620. The fraction of sp³-hybridized carbons (Fsp3) is 0.450. The van der Waals surface area contributed by atoms with Crippen molar-refractivity contribution in [2.45, 2.75) is 38.4 Å². The molecule has 1 aliphatic rings. The van der Waals surface area contributed by atoms with Crippen LogP contribution in [0.1, 0.15) is 25.3 Å². The second kappa shape index (κ2) is 9.13. The third-order valence-corrected chi connectivity index (χ3v) is 7.15. The Hall–Kier alpha value is -2.17. The van der Waals surface area contributed by atoms with Gasteiger partial charge in [-0.2, -0.15) is 0 Å². The molecule has 3 atom stereocenters. The largest absolute Gasteiger partial charge is 0.469 e. The van der Waals surface area contributed by atoms with Crippen LogP contribution in [-0.2, 0) is 26.0 Å². The third kappa shape index (κ3) is 5.19. The number of ether oxygens (including phenoxy) is 1. The monoisotopic (exact) mass is 473 g/mol. The van der Waals surface area contributed by atoms with Crippen molar-refractivity contribution in [2.24, 2.45) is 5.41 Å². The number of hydrogen-bond donors (Lipinski definition) is 1. The lowest BCUT2D eigenvalue weighted by molar-refractivity contribution is -0.152. The molecule has 31 heavy (non-hydrogen) atoms. The number of methoxy groups -OCH3 is 1. The van der Waals surface area contributed by atoms with Crippen LogP contribution in [0.25, 0.3) is 11.4 Å². The van der Waals surface area contributed by atoms with E-state index >= 15 is 0 Å². The molecular formula is C20H22ClF2N3O4S. The zero-order valence-corrected chi connectivity index (χ0v) is 18.5. The molecule has 1 heterocycles. The van der Waals surface area contributed by atoms with Gasteiger partial charge in [0.25, 0.3) is 0 Å². The maximum atomic E-state index is 14.8. The molecule has 1 aromatic heterocycles. The van der Waals surface area contributed by atoms with Crippen molar-refractivity contribution in [2.75, 3.05) is 12.9 Å². The first-order valence-electron chi connectivity index (χ1n) is 9.58. The van der Waals surface area contributed by atoms with E-state index in [2.05, 4.69) is 14.7 Å². The predicted octanol–water partition coefficient (Wildman–Crippen LogP) is 3.08. The normalized spacial score (nSPS) is 23.6. The van der Waals surface area contributed by atoms with E-state index in [1.165, 1.54) is 14.0 Å². The van der Waals surface area contributed by atoms with E-state index in [4.69, 9.17) is 16.3 Å². The third-order valence-electron chi connectivity index (χ3n) is 5.40. The maximum absolute atomic E-state index is 14.8. The summed E-state index contributed by atoms with van der Waals surface area (Å²) in [5.74, 6) is -1.22. The molecule has 0 spiro atoms. The number of aromatic nitrogens is 2. The fourth-order valence-corrected chi connectivity index (χ4v) is 4.93. The highest BCUT2D eigenvalue weighted by molar-refractivity contribution is 7.89. The summed E-state index contributed by atoms with van der Waals surface area (Å²) in [4.78, 5) is 20.5. The standard InChI is InChI=1S/C20H22ClF2N3O4S/c1-3-31(28,29)26-17-9-20(8-16(17)23,19(27)30-2)7-12-4-5-15(21)14(6-12)18-24-10-13(22)11-25-18/h4-6,10-11,16-17,26H,3,7-9H2,1-2H3/t16-,17+,20-/m0/s1. The van der Waals surface area contributed by atoms with Crippen molar-refractivity contribution in [3.05, 3.63) is 47.0 Å². The summed E-state index contributed by atoms with van der Waals surface area (Å²) in [7, 11) is -2.44. The van der Waals surface area contributed by atoms with Crippen LogP contribution in [0.15, 0.2) is 30.6 Å². The van der Waals surface area contributed by atoms with E-state index < -0.39 is 39.4 Å². The number of nitrogens with one attached hydrogen (secondary N) is 1. The molecule has 2 aromatic rings. The molecule has 0 amide bonds. The molecule has 3 rings (SSSR count). The highest BCUT2D eigenvalue weighted by Gasteiger charge is 2.52. The van der Waals surface area contributed by atoms with E-state index in [1.54, 1.807) is 18.2 Å². The van der Waals surface area contributed by atoms with Gasteiger partial charge in [0, 0.05) is 5.56 Å². The summed E-state index contributed by atoms with van der Waals surface area (Å²) in [6, 6.07) is 3.88. The van der Waals surface area contributed by atoms with Gasteiger partial charge >= 0.3 is 5.97 Å². The minimum absolute atomic E-state index is 0.0505. The molecule has 0 radical (unpaired) electrons. The Morgan fingerprint density at radius 2 is 2.00 bits per heavy atom. The van der Waals surface area contributed by atoms with Crippen LogP contribution in [0.4, 0.5) is 8.78 Å². The van der Waals surface area contributed by atoms with Gasteiger partial charge in [0.15, 0.2) is 11.6 Å². The number of halogens is 3. The predicted molar refractivity (Wildman–Crippen MR) is 111 cm³/mol. The molecule has 1 fully saturated rings. The van der Waals surface area contributed by atoms with Gasteiger partial charge in [0.05, 0.1) is 41.7 Å². The molecule has 0 bridgehead atoms. The summed E-state index contributed by atoms with van der Waals surface area (Å²) in [5.41, 5.74) is -0.203. The number of carbonyl (C=O) groups is 1. The fourth-order valence-electron chi connectivity index (χ4n) is 3.87. The SMILES string of the molecule is CCS(=O)(=O)N[C@@H]1C[C@@](Cc2ccc(Cl)c(-c3ncc(F)cn3)c2)(C(=O)OC)C[C@@H]1F. The lowest BCUT2D eigenvalue weighted by atomic mass is 9.79. The van der Waals surface area contributed by atoms with Crippen molar-refractivity contribution < 1.29 is 26.7 Å². The zero-order valence-electron chi connectivity index (χ0n) is 16.9. The second-order valence-corrected chi connectivity index (χ2v) is 9.99. The van der Waals surface area contributed by atoms with Gasteiger partial charge in [-0.15, -0.1) is 0 Å². The molecule has 0 aliphatic heterocycles. The van der Waals surface area contributed by atoms with E-state index in [0.29, 0.717) is 16.1 Å². The van der Waals surface area contributed by atoms with Crippen molar-refractivity contribution in [3.8, 4) is 11.4 Å². The van der Waals surface area contributed by atoms with E-state index in [0.717, 1.165) is 12.4 Å². The van der Waals surface area contributed by atoms with Crippen LogP contribution < -0.4 is 4.72 Å². The Morgan fingerprint density at radius 1 is 1.32 bits per heavy atom. The first-order valence-corrected chi connectivity index (χ1v) is 11.6. The van der Waals surface area contributed by atoms with Gasteiger partial charge < -0.3 is 4.74 Å². The van der Waals surface area contributed by atoms with Crippen molar-refractivity contribution in [1.29, 1.82) is 0 Å².